The van der Waals surface area contributed by atoms with Crippen molar-refractivity contribution < 1.29 is 4.79 Å². The van der Waals surface area contributed by atoms with E-state index in [0.29, 0.717) is 0 Å². The largest absolute Gasteiger partial charge is 0.341 e. The van der Waals surface area contributed by atoms with Gasteiger partial charge in [-0.05, 0) is 79.2 Å². The van der Waals surface area contributed by atoms with Crippen molar-refractivity contribution in [2.24, 2.45) is 0 Å². The molecule has 0 aliphatic carbocycles. The predicted molar refractivity (Wildman–Crippen MR) is 97.3 cm³/mol. The number of anilines is 2. The monoisotopic (exact) mass is 327 g/mol. The fourth-order valence-electron chi connectivity index (χ4n) is 2.92. The summed E-state index contributed by atoms with van der Waals surface area (Å²) in [5, 5.41) is 2.69. The molecule has 2 aromatic carbocycles. The first-order valence-electron chi connectivity index (χ1n) is 7.70. The van der Waals surface area contributed by atoms with Crippen LogP contribution in [-0.2, 0) is 6.42 Å². The van der Waals surface area contributed by atoms with Crippen LogP contribution in [0.4, 0.5) is 16.2 Å². The first-order chi connectivity index (χ1) is 11.1. The van der Waals surface area contributed by atoms with E-state index in [-0.39, 0.29) is 6.03 Å². The lowest BCUT2D eigenvalue weighted by molar-refractivity contribution is 0.248. The standard InChI is InChI=1S/C18H21N3OS/c1-12-8-13(2)10-16(9-12)23-20-15-4-5-17-14(11-15)6-7-21(17)18(22)19-3/h4-5,8-11,20H,6-7H2,1-3H3,(H,19,22). The van der Waals surface area contributed by atoms with Gasteiger partial charge in [-0.1, -0.05) is 6.07 Å². The van der Waals surface area contributed by atoms with Crippen LogP contribution in [0.3, 0.4) is 0 Å². The zero-order valence-electron chi connectivity index (χ0n) is 13.6. The van der Waals surface area contributed by atoms with Crippen LogP contribution in [0.25, 0.3) is 0 Å². The van der Waals surface area contributed by atoms with Crippen molar-refractivity contribution in [3.05, 3.63) is 53.1 Å². The molecule has 0 unspecified atom stereocenters. The summed E-state index contributed by atoms with van der Waals surface area (Å²) >= 11 is 1.62. The molecule has 5 heteroatoms. The molecule has 3 rings (SSSR count). The number of hydrogen-bond acceptors (Lipinski definition) is 3. The number of hydrogen-bond donors (Lipinski definition) is 2. The van der Waals surface area contributed by atoms with Gasteiger partial charge in [-0.3, -0.25) is 4.90 Å². The molecule has 2 aromatic rings. The minimum atomic E-state index is -0.0472. The van der Waals surface area contributed by atoms with E-state index in [4.69, 9.17) is 0 Å². The Morgan fingerprint density at radius 1 is 1.13 bits per heavy atom. The van der Waals surface area contributed by atoms with Gasteiger partial charge in [-0.25, -0.2) is 4.79 Å². The zero-order valence-corrected chi connectivity index (χ0v) is 14.5. The Morgan fingerprint density at radius 3 is 2.57 bits per heavy atom. The van der Waals surface area contributed by atoms with E-state index >= 15 is 0 Å². The molecule has 2 amide bonds. The second-order valence-corrected chi connectivity index (χ2v) is 6.71. The first kappa shape index (κ1) is 15.7. The highest BCUT2D eigenvalue weighted by molar-refractivity contribution is 8.00. The third-order valence-electron chi connectivity index (χ3n) is 3.92. The van der Waals surface area contributed by atoms with Crippen LogP contribution in [0.1, 0.15) is 16.7 Å². The van der Waals surface area contributed by atoms with Crippen LogP contribution in [0.2, 0.25) is 0 Å². The maximum atomic E-state index is 11.8. The number of benzene rings is 2. The lowest BCUT2D eigenvalue weighted by Crippen LogP contribution is -2.36. The summed E-state index contributed by atoms with van der Waals surface area (Å²) in [6.45, 7) is 4.96. The number of carbonyl (C=O) groups is 1. The Kier molecular flexibility index (Phi) is 4.48. The van der Waals surface area contributed by atoms with Gasteiger partial charge in [0.05, 0.1) is 0 Å². The number of aryl methyl sites for hydroxylation is 2. The molecule has 0 radical (unpaired) electrons. The van der Waals surface area contributed by atoms with Crippen LogP contribution in [0.15, 0.2) is 41.3 Å². The second kappa shape index (κ2) is 6.54. The van der Waals surface area contributed by atoms with Gasteiger partial charge in [0.2, 0.25) is 0 Å². The van der Waals surface area contributed by atoms with Crippen molar-refractivity contribution in [2.45, 2.75) is 25.2 Å². The summed E-state index contributed by atoms with van der Waals surface area (Å²) in [4.78, 5) is 14.8. The topological polar surface area (TPSA) is 44.4 Å². The quantitative estimate of drug-likeness (QED) is 0.833. The molecule has 2 N–H and O–H groups in total. The molecular formula is C18H21N3OS. The normalized spacial score (nSPS) is 12.9. The third-order valence-corrected chi connectivity index (χ3v) is 4.73. The Bertz CT molecular complexity index is 725. The van der Waals surface area contributed by atoms with Gasteiger partial charge >= 0.3 is 6.03 Å². The number of carbonyl (C=O) groups excluding carboxylic acids is 1. The number of urea groups is 1. The maximum Gasteiger partial charge on any atom is 0.321 e. The van der Waals surface area contributed by atoms with Gasteiger partial charge in [0.1, 0.15) is 0 Å². The molecule has 23 heavy (non-hydrogen) atoms. The fraction of sp³-hybridized carbons (Fsp3) is 0.278. The Morgan fingerprint density at radius 2 is 1.87 bits per heavy atom. The summed E-state index contributed by atoms with van der Waals surface area (Å²) in [5.41, 5.74) is 5.81. The van der Waals surface area contributed by atoms with E-state index in [2.05, 4.69) is 48.2 Å². The zero-order chi connectivity index (χ0) is 16.4. The smallest absolute Gasteiger partial charge is 0.321 e. The van der Waals surface area contributed by atoms with Crippen molar-refractivity contribution in [1.82, 2.24) is 5.32 Å². The van der Waals surface area contributed by atoms with Crippen molar-refractivity contribution in [3.8, 4) is 0 Å². The summed E-state index contributed by atoms with van der Waals surface area (Å²) in [5.74, 6) is 0. The highest BCUT2D eigenvalue weighted by Crippen LogP contribution is 2.32. The maximum absolute atomic E-state index is 11.8. The molecule has 0 saturated heterocycles. The lowest BCUT2D eigenvalue weighted by atomic mass is 10.1. The van der Waals surface area contributed by atoms with Gasteiger partial charge in [0, 0.05) is 29.9 Å². The Hall–Kier alpha value is -2.14. The van der Waals surface area contributed by atoms with Crippen molar-refractivity contribution in [2.75, 3.05) is 23.2 Å². The number of nitrogens with zero attached hydrogens (tertiary/aromatic N) is 1. The summed E-state index contributed by atoms with van der Waals surface area (Å²) in [6, 6.07) is 12.6. The second-order valence-electron chi connectivity index (χ2n) is 5.83. The van der Waals surface area contributed by atoms with Crippen LogP contribution < -0.4 is 14.9 Å². The van der Waals surface area contributed by atoms with Gasteiger partial charge in [-0.15, -0.1) is 0 Å². The van der Waals surface area contributed by atoms with Gasteiger partial charge in [-0.2, -0.15) is 0 Å². The molecular weight excluding hydrogens is 306 g/mol. The molecule has 0 aromatic heterocycles. The van der Waals surface area contributed by atoms with E-state index in [1.54, 1.807) is 23.9 Å². The number of nitrogens with one attached hydrogen (secondary N) is 2. The lowest BCUT2D eigenvalue weighted by Gasteiger charge is -2.16. The van der Waals surface area contributed by atoms with Crippen LogP contribution in [0, 0.1) is 13.8 Å². The number of amides is 2. The van der Waals surface area contributed by atoms with E-state index < -0.39 is 0 Å². The van der Waals surface area contributed by atoms with Gasteiger partial charge < -0.3 is 10.0 Å². The average molecular weight is 327 g/mol. The minimum Gasteiger partial charge on any atom is -0.341 e. The molecule has 0 spiro atoms. The van der Waals surface area contributed by atoms with E-state index in [1.165, 1.54) is 21.6 Å². The SMILES string of the molecule is CNC(=O)N1CCc2cc(NSc3cc(C)cc(C)c3)ccc21. The van der Waals surface area contributed by atoms with Crippen molar-refractivity contribution in [1.29, 1.82) is 0 Å². The first-order valence-corrected chi connectivity index (χ1v) is 8.52. The highest BCUT2D eigenvalue weighted by Gasteiger charge is 2.23. The van der Waals surface area contributed by atoms with Crippen molar-refractivity contribution in [3.63, 3.8) is 0 Å². The molecule has 1 aliphatic heterocycles. The molecule has 1 heterocycles. The highest BCUT2D eigenvalue weighted by atomic mass is 32.2. The Labute approximate surface area is 141 Å². The molecule has 120 valence electrons. The van der Waals surface area contributed by atoms with E-state index in [0.717, 1.165) is 24.3 Å². The molecule has 4 nitrogen and oxygen atoms in total. The number of rotatable bonds is 3. The summed E-state index contributed by atoms with van der Waals surface area (Å²) < 4.78 is 3.40. The fourth-order valence-corrected chi connectivity index (χ4v) is 3.77. The van der Waals surface area contributed by atoms with Gasteiger partial charge in [0.25, 0.3) is 0 Å². The van der Waals surface area contributed by atoms with Crippen molar-refractivity contribution >= 4 is 29.4 Å². The van der Waals surface area contributed by atoms with Crippen LogP contribution >= 0.6 is 11.9 Å². The average Bonchev–Trinajstić information content (AvgIpc) is 2.94. The van der Waals surface area contributed by atoms with Crippen LogP contribution in [0.5, 0.6) is 0 Å². The molecule has 0 saturated carbocycles. The summed E-state index contributed by atoms with van der Waals surface area (Å²) in [6.07, 6.45) is 0.895. The van der Waals surface area contributed by atoms with Gasteiger partial charge in [0.15, 0.2) is 0 Å². The molecule has 0 fully saturated rings. The predicted octanol–water partition coefficient (Wildman–Crippen LogP) is 4.12. The van der Waals surface area contributed by atoms with E-state index in [1.807, 2.05) is 12.1 Å². The molecule has 0 atom stereocenters. The molecule has 0 bridgehead atoms. The number of fused-ring (bicyclic) bond motifs is 1. The van der Waals surface area contributed by atoms with E-state index in [9.17, 15) is 4.79 Å². The summed E-state index contributed by atoms with van der Waals surface area (Å²) in [7, 11) is 1.66. The molecule has 1 aliphatic rings. The third kappa shape index (κ3) is 3.45. The minimum absolute atomic E-state index is 0.0472. The Balaban J connectivity index is 1.72. The van der Waals surface area contributed by atoms with Crippen LogP contribution in [-0.4, -0.2) is 19.6 Å².